The van der Waals surface area contributed by atoms with Gasteiger partial charge >= 0.3 is 0 Å². The van der Waals surface area contributed by atoms with Crippen LogP contribution in [0.2, 0.25) is 0 Å². The van der Waals surface area contributed by atoms with E-state index < -0.39 is 11.6 Å². The standard InChI is InChI=1S/C13H14F2N2O/c1-7(2)3-11-12(13(16)17-18-11)8-4-9(14)6-10(15)5-8/h4-7H,3H2,1-2H3,(H2,16,17). The summed E-state index contributed by atoms with van der Waals surface area (Å²) in [7, 11) is 0. The van der Waals surface area contributed by atoms with Crippen molar-refractivity contribution in [1.29, 1.82) is 0 Å². The molecule has 0 saturated heterocycles. The van der Waals surface area contributed by atoms with Gasteiger partial charge in [0.2, 0.25) is 0 Å². The Morgan fingerprint density at radius 1 is 1.22 bits per heavy atom. The average molecular weight is 252 g/mol. The zero-order valence-electron chi connectivity index (χ0n) is 10.2. The molecule has 5 heteroatoms. The molecule has 2 aromatic rings. The smallest absolute Gasteiger partial charge is 0.175 e. The molecule has 0 spiro atoms. The van der Waals surface area contributed by atoms with E-state index >= 15 is 0 Å². The molecule has 0 saturated carbocycles. The molecule has 2 N–H and O–H groups in total. The van der Waals surface area contributed by atoms with Gasteiger partial charge in [0.05, 0.1) is 5.56 Å². The molecule has 96 valence electrons. The van der Waals surface area contributed by atoms with Crippen molar-refractivity contribution in [3.63, 3.8) is 0 Å². The van der Waals surface area contributed by atoms with Gasteiger partial charge in [-0.05, 0) is 23.6 Å². The van der Waals surface area contributed by atoms with E-state index in [1.54, 1.807) is 0 Å². The van der Waals surface area contributed by atoms with Crippen LogP contribution in [0.15, 0.2) is 22.7 Å². The summed E-state index contributed by atoms with van der Waals surface area (Å²) in [6.45, 7) is 4.02. The van der Waals surface area contributed by atoms with Crippen molar-refractivity contribution in [3.05, 3.63) is 35.6 Å². The highest BCUT2D eigenvalue weighted by Gasteiger charge is 2.18. The van der Waals surface area contributed by atoms with E-state index in [4.69, 9.17) is 10.3 Å². The lowest BCUT2D eigenvalue weighted by Gasteiger charge is -2.05. The van der Waals surface area contributed by atoms with Crippen LogP contribution in [0, 0.1) is 17.6 Å². The van der Waals surface area contributed by atoms with Crippen molar-refractivity contribution < 1.29 is 13.3 Å². The van der Waals surface area contributed by atoms with E-state index in [1.807, 2.05) is 13.8 Å². The van der Waals surface area contributed by atoms with Crippen LogP contribution in [0.3, 0.4) is 0 Å². The van der Waals surface area contributed by atoms with Gasteiger partial charge in [0.25, 0.3) is 0 Å². The summed E-state index contributed by atoms with van der Waals surface area (Å²) in [6.07, 6.45) is 0.609. The molecule has 1 aromatic carbocycles. The van der Waals surface area contributed by atoms with Crippen LogP contribution in [0.25, 0.3) is 11.1 Å². The molecule has 0 aliphatic carbocycles. The Hall–Kier alpha value is -1.91. The quantitative estimate of drug-likeness (QED) is 0.910. The lowest BCUT2D eigenvalue weighted by Crippen LogP contribution is -1.96. The number of anilines is 1. The third kappa shape index (κ3) is 2.50. The molecule has 0 aliphatic heterocycles. The van der Waals surface area contributed by atoms with Crippen LogP contribution < -0.4 is 5.73 Å². The Kier molecular flexibility index (Phi) is 3.32. The lowest BCUT2D eigenvalue weighted by molar-refractivity contribution is 0.372. The van der Waals surface area contributed by atoms with Crippen molar-refractivity contribution in [1.82, 2.24) is 5.16 Å². The van der Waals surface area contributed by atoms with E-state index in [0.29, 0.717) is 29.2 Å². The number of nitrogen functional groups attached to an aromatic ring is 1. The van der Waals surface area contributed by atoms with Gasteiger partial charge < -0.3 is 10.3 Å². The summed E-state index contributed by atoms with van der Waals surface area (Å²) in [5.74, 6) is -0.278. The Bertz CT molecular complexity index is 544. The molecular formula is C13H14F2N2O. The number of nitrogens with zero attached hydrogens (tertiary/aromatic N) is 1. The number of hydrogen-bond acceptors (Lipinski definition) is 3. The van der Waals surface area contributed by atoms with E-state index in [2.05, 4.69) is 5.16 Å². The van der Waals surface area contributed by atoms with E-state index in [0.717, 1.165) is 6.07 Å². The Morgan fingerprint density at radius 2 is 1.83 bits per heavy atom. The van der Waals surface area contributed by atoms with Gasteiger partial charge in [-0.1, -0.05) is 19.0 Å². The number of benzene rings is 1. The highest BCUT2D eigenvalue weighted by Crippen LogP contribution is 2.32. The normalized spacial score (nSPS) is 11.2. The topological polar surface area (TPSA) is 52.0 Å². The molecule has 0 atom stereocenters. The second kappa shape index (κ2) is 4.76. The molecule has 1 heterocycles. The number of halogens is 2. The molecule has 3 nitrogen and oxygen atoms in total. The molecule has 0 radical (unpaired) electrons. The Labute approximate surface area is 104 Å². The van der Waals surface area contributed by atoms with Crippen molar-refractivity contribution >= 4 is 5.82 Å². The number of aromatic nitrogens is 1. The molecule has 0 amide bonds. The maximum Gasteiger partial charge on any atom is 0.175 e. The Balaban J connectivity index is 2.52. The summed E-state index contributed by atoms with van der Waals surface area (Å²) in [5.41, 5.74) is 6.52. The van der Waals surface area contributed by atoms with Gasteiger partial charge in [-0.2, -0.15) is 0 Å². The Morgan fingerprint density at radius 3 is 2.39 bits per heavy atom. The van der Waals surface area contributed by atoms with Gasteiger partial charge in [-0.15, -0.1) is 0 Å². The predicted molar refractivity (Wildman–Crippen MR) is 64.8 cm³/mol. The van der Waals surface area contributed by atoms with Crippen LogP contribution in [-0.2, 0) is 6.42 Å². The van der Waals surface area contributed by atoms with Crippen LogP contribution in [0.4, 0.5) is 14.6 Å². The van der Waals surface area contributed by atoms with Crippen molar-refractivity contribution in [2.45, 2.75) is 20.3 Å². The third-order valence-electron chi connectivity index (χ3n) is 2.53. The second-order valence-electron chi connectivity index (χ2n) is 4.62. The number of rotatable bonds is 3. The fraction of sp³-hybridized carbons (Fsp3) is 0.308. The molecule has 1 aromatic heterocycles. The first-order chi connectivity index (χ1) is 8.47. The zero-order valence-corrected chi connectivity index (χ0v) is 10.2. The summed E-state index contributed by atoms with van der Waals surface area (Å²) in [4.78, 5) is 0. The predicted octanol–water partition coefficient (Wildman–Crippen LogP) is 3.40. The summed E-state index contributed by atoms with van der Waals surface area (Å²) in [5, 5.41) is 3.66. The van der Waals surface area contributed by atoms with Crippen molar-refractivity contribution in [3.8, 4) is 11.1 Å². The maximum atomic E-state index is 13.2. The summed E-state index contributed by atoms with van der Waals surface area (Å²) < 4.78 is 31.5. The average Bonchev–Trinajstić information content (AvgIpc) is 2.57. The molecule has 0 bridgehead atoms. The van der Waals surface area contributed by atoms with Gasteiger partial charge in [0.15, 0.2) is 5.82 Å². The zero-order chi connectivity index (χ0) is 13.3. The summed E-state index contributed by atoms with van der Waals surface area (Å²) in [6, 6.07) is 3.25. The van der Waals surface area contributed by atoms with Crippen LogP contribution in [0.5, 0.6) is 0 Å². The van der Waals surface area contributed by atoms with Gasteiger partial charge in [0, 0.05) is 12.5 Å². The third-order valence-corrected chi connectivity index (χ3v) is 2.53. The molecule has 18 heavy (non-hydrogen) atoms. The van der Waals surface area contributed by atoms with E-state index in [1.165, 1.54) is 12.1 Å². The fourth-order valence-corrected chi connectivity index (χ4v) is 1.86. The minimum Gasteiger partial charge on any atom is -0.380 e. The molecule has 2 rings (SSSR count). The first-order valence-electron chi connectivity index (χ1n) is 5.68. The van der Waals surface area contributed by atoms with E-state index in [9.17, 15) is 8.78 Å². The first kappa shape index (κ1) is 12.5. The maximum absolute atomic E-state index is 13.2. The highest BCUT2D eigenvalue weighted by molar-refractivity contribution is 5.75. The van der Waals surface area contributed by atoms with Crippen LogP contribution in [0.1, 0.15) is 19.6 Å². The van der Waals surface area contributed by atoms with Crippen molar-refractivity contribution in [2.24, 2.45) is 5.92 Å². The van der Waals surface area contributed by atoms with E-state index in [-0.39, 0.29) is 5.82 Å². The second-order valence-corrected chi connectivity index (χ2v) is 4.62. The minimum atomic E-state index is -0.652. The van der Waals surface area contributed by atoms with Gasteiger partial charge in [0.1, 0.15) is 17.4 Å². The molecular weight excluding hydrogens is 238 g/mol. The summed E-state index contributed by atoms with van der Waals surface area (Å²) >= 11 is 0. The first-order valence-corrected chi connectivity index (χ1v) is 5.68. The van der Waals surface area contributed by atoms with Crippen molar-refractivity contribution in [2.75, 3.05) is 5.73 Å². The van der Waals surface area contributed by atoms with Crippen LogP contribution in [-0.4, -0.2) is 5.16 Å². The SMILES string of the molecule is CC(C)Cc1onc(N)c1-c1cc(F)cc(F)c1. The monoisotopic (exact) mass is 252 g/mol. The number of hydrogen-bond donors (Lipinski definition) is 1. The molecule has 0 aliphatic rings. The van der Waals surface area contributed by atoms with Gasteiger partial charge in [-0.25, -0.2) is 8.78 Å². The van der Waals surface area contributed by atoms with Gasteiger partial charge in [-0.3, -0.25) is 0 Å². The number of nitrogens with two attached hydrogens (primary N) is 1. The fourth-order valence-electron chi connectivity index (χ4n) is 1.86. The lowest BCUT2D eigenvalue weighted by atomic mass is 10.00. The minimum absolute atomic E-state index is 0.149. The highest BCUT2D eigenvalue weighted by atomic mass is 19.1. The molecule has 0 unspecified atom stereocenters. The molecule has 0 fully saturated rings. The largest absolute Gasteiger partial charge is 0.380 e. The van der Waals surface area contributed by atoms with Crippen LogP contribution >= 0.6 is 0 Å².